The highest BCUT2D eigenvalue weighted by atomic mass is 19.3. The van der Waals surface area contributed by atoms with Gasteiger partial charge in [-0.2, -0.15) is 13.9 Å². The second-order valence-electron chi connectivity index (χ2n) is 11.4. The predicted octanol–water partition coefficient (Wildman–Crippen LogP) is 6.18. The lowest BCUT2D eigenvalue weighted by Gasteiger charge is -2.24. The van der Waals surface area contributed by atoms with Gasteiger partial charge in [0.1, 0.15) is 11.5 Å². The van der Waals surface area contributed by atoms with Crippen LogP contribution >= 0.6 is 0 Å². The molecule has 1 aromatic carbocycles. The molecule has 4 heterocycles. The van der Waals surface area contributed by atoms with Crippen LogP contribution < -0.4 is 15.0 Å². The average molecular weight is 642 g/mol. The van der Waals surface area contributed by atoms with Crippen molar-refractivity contribution in [2.24, 2.45) is 11.8 Å². The molecule has 1 saturated carbocycles. The molecule has 240 valence electrons. The Bertz CT molecular complexity index is 1860. The number of ether oxygens (including phenoxy) is 1. The normalized spacial score (nSPS) is 17.9. The fourth-order valence-electron chi connectivity index (χ4n) is 5.77. The summed E-state index contributed by atoms with van der Waals surface area (Å²) in [6.45, 7) is 3.50. The number of pyridine rings is 1. The molecule has 2 fully saturated rings. The van der Waals surface area contributed by atoms with Crippen LogP contribution in [-0.4, -0.2) is 49.7 Å². The smallest absolute Gasteiger partial charge is 0.387 e. The van der Waals surface area contributed by atoms with Crippen molar-refractivity contribution >= 4 is 23.3 Å². The van der Waals surface area contributed by atoms with Gasteiger partial charge in [0.25, 0.3) is 12.3 Å². The van der Waals surface area contributed by atoms with Gasteiger partial charge < -0.3 is 10.1 Å². The number of nitrogens with one attached hydrogen (secondary N) is 1. The molecule has 46 heavy (non-hydrogen) atoms. The Balaban J connectivity index is 1.25. The molecule has 3 aromatic heterocycles. The SMILES string of the molecule is Cc1ccc(C(F)F)c(-c2cnc(C)c(C(=O)Nc3cnn([C@@H](C)c4cnc(N5C[C@H]6C[C@H]6C5=O)c(OC(F)F)c4C)c3)n2)c1F. The Morgan fingerprint density at radius 3 is 2.50 bits per heavy atom. The number of hydrogen-bond donors (Lipinski definition) is 1. The Hall–Kier alpha value is -4.95. The number of alkyl halides is 4. The number of fused-ring (bicyclic) bond motifs is 1. The average Bonchev–Trinajstić information content (AvgIpc) is 3.51. The van der Waals surface area contributed by atoms with Crippen LogP contribution in [0.25, 0.3) is 11.3 Å². The minimum Gasteiger partial charge on any atom is -0.431 e. The summed E-state index contributed by atoms with van der Waals surface area (Å²) in [4.78, 5) is 39.9. The standard InChI is InChI=1S/C31H28F5N7O3/c1-13-5-6-19(27(33)34)23(24(13)32)22-10-37-15(3)25(41-22)29(44)40-18-8-39-43(12-18)16(4)21-9-38-28(26(14(21)2)46-31(35)36)42-11-17-7-20(17)30(42)45/h5-6,8-10,12,16-17,20,27,31H,7,11H2,1-4H3,(H,40,44)/t16-,17+,20+/m0/s1. The monoisotopic (exact) mass is 641 g/mol. The first-order chi connectivity index (χ1) is 21.8. The summed E-state index contributed by atoms with van der Waals surface area (Å²) in [5.74, 6) is -1.84. The lowest BCUT2D eigenvalue weighted by atomic mass is 10.0. The van der Waals surface area contributed by atoms with Gasteiger partial charge in [0.05, 0.1) is 35.5 Å². The Kier molecular flexibility index (Phi) is 7.94. The highest BCUT2D eigenvalue weighted by Gasteiger charge is 2.53. The van der Waals surface area contributed by atoms with E-state index in [4.69, 9.17) is 4.74 Å². The molecule has 2 amide bonds. The van der Waals surface area contributed by atoms with Gasteiger partial charge in [0, 0.05) is 47.1 Å². The third-order valence-electron chi connectivity index (χ3n) is 8.42. The number of aromatic nitrogens is 5. The van der Waals surface area contributed by atoms with Crippen LogP contribution in [0.3, 0.4) is 0 Å². The zero-order valence-electron chi connectivity index (χ0n) is 25.1. The van der Waals surface area contributed by atoms with Crippen LogP contribution in [-0.2, 0) is 4.79 Å². The summed E-state index contributed by atoms with van der Waals surface area (Å²) in [6.07, 6.45) is 3.25. The number of aryl methyl sites for hydroxylation is 2. The van der Waals surface area contributed by atoms with Gasteiger partial charge in [-0.1, -0.05) is 12.1 Å². The lowest BCUT2D eigenvalue weighted by molar-refractivity contribution is -0.118. The van der Waals surface area contributed by atoms with Crippen molar-refractivity contribution in [1.82, 2.24) is 24.7 Å². The second-order valence-corrected chi connectivity index (χ2v) is 11.4. The number of nitrogens with zero attached hydrogens (tertiary/aromatic N) is 6. The van der Waals surface area contributed by atoms with E-state index in [0.29, 0.717) is 17.7 Å². The fourth-order valence-corrected chi connectivity index (χ4v) is 5.77. The Morgan fingerprint density at radius 2 is 1.83 bits per heavy atom. The molecule has 3 atom stereocenters. The molecular formula is C31H28F5N7O3. The third-order valence-corrected chi connectivity index (χ3v) is 8.42. The van der Waals surface area contributed by atoms with Crippen molar-refractivity contribution in [3.05, 3.63) is 76.4 Å². The molecule has 15 heteroatoms. The minimum atomic E-state index is -3.14. The third kappa shape index (κ3) is 5.54. The molecular weight excluding hydrogens is 613 g/mol. The van der Waals surface area contributed by atoms with Crippen LogP contribution in [0, 0.1) is 38.4 Å². The number of rotatable bonds is 9. The maximum atomic E-state index is 15.0. The van der Waals surface area contributed by atoms with E-state index in [2.05, 4.69) is 25.4 Å². The van der Waals surface area contributed by atoms with Crippen LogP contribution in [0.5, 0.6) is 5.75 Å². The number of halogens is 5. The van der Waals surface area contributed by atoms with Crippen LogP contribution in [0.2, 0.25) is 0 Å². The summed E-state index contributed by atoms with van der Waals surface area (Å²) >= 11 is 0. The topological polar surface area (TPSA) is 115 Å². The van der Waals surface area contributed by atoms with E-state index in [-0.39, 0.29) is 57.6 Å². The zero-order chi connectivity index (χ0) is 33.0. The molecule has 1 aliphatic carbocycles. The maximum absolute atomic E-state index is 15.0. The molecule has 1 aliphatic heterocycles. The van der Waals surface area contributed by atoms with Crippen LogP contribution in [0.4, 0.5) is 33.5 Å². The van der Waals surface area contributed by atoms with Crippen LogP contribution in [0.1, 0.15) is 64.2 Å². The number of amides is 2. The van der Waals surface area contributed by atoms with Crippen molar-refractivity contribution in [1.29, 1.82) is 0 Å². The maximum Gasteiger partial charge on any atom is 0.387 e. The predicted molar refractivity (Wildman–Crippen MR) is 155 cm³/mol. The first-order valence-corrected chi connectivity index (χ1v) is 14.4. The minimum absolute atomic E-state index is 0.0456. The van der Waals surface area contributed by atoms with Crippen molar-refractivity contribution in [3.63, 3.8) is 0 Å². The number of benzene rings is 1. The Morgan fingerprint density at radius 1 is 1.07 bits per heavy atom. The number of carbonyl (C=O) groups is 2. The van der Waals surface area contributed by atoms with Gasteiger partial charge in [0.2, 0.25) is 5.91 Å². The summed E-state index contributed by atoms with van der Waals surface area (Å²) in [6, 6.07) is 1.77. The summed E-state index contributed by atoms with van der Waals surface area (Å²) in [7, 11) is 0. The van der Waals surface area contributed by atoms with Crippen molar-refractivity contribution in [3.8, 4) is 17.0 Å². The molecule has 4 aromatic rings. The largest absolute Gasteiger partial charge is 0.431 e. The van der Waals surface area contributed by atoms with Gasteiger partial charge >= 0.3 is 6.61 Å². The molecule has 0 radical (unpaired) electrons. The summed E-state index contributed by atoms with van der Waals surface area (Å²) in [5.41, 5.74) is -0.0787. The summed E-state index contributed by atoms with van der Waals surface area (Å²) in [5, 5.41) is 6.92. The van der Waals surface area contributed by atoms with E-state index in [0.717, 1.165) is 18.7 Å². The first kappa shape index (κ1) is 31.0. The lowest BCUT2D eigenvalue weighted by Crippen LogP contribution is -2.30. The van der Waals surface area contributed by atoms with E-state index in [1.807, 2.05) is 0 Å². The second kappa shape index (κ2) is 11.8. The number of piperidine rings is 1. The van der Waals surface area contributed by atoms with E-state index in [1.165, 1.54) is 48.1 Å². The molecule has 0 unspecified atom stereocenters. The molecule has 1 saturated heterocycles. The summed E-state index contributed by atoms with van der Waals surface area (Å²) < 4.78 is 75.6. The molecule has 6 rings (SSSR count). The molecule has 10 nitrogen and oxygen atoms in total. The van der Waals surface area contributed by atoms with E-state index < -0.39 is 41.9 Å². The fraction of sp³-hybridized carbons (Fsp3) is 0.355. The van der Waals surface area contributed by atoms with Gasteiger partial charge in [0.15, 0.2) is 11.6 Å². The Labute approximate surface area is 259 Å². The molecule has 2 aliphatic rings. The van der Waals surface area contributed by atoms with Gasteiger partial charge in [-0.15, -0.1) is 0 Å². The van der Waals surface area contributed by atoms with E-state index in [9.17, 15) is 31.5 Å². The van der Waals surface area contributed by atoms with Gasteiger partial charge in [-0.05, 0) is 45.6 Å². The highest BCUT2D eigenvalue weighted by molar-refractivity contribution is 6.03. The zero-order valence-corrected chi connectivity index (χ0v) is 25.1. The van der Waals surface area contributed by atoms with Crippen molar-refractivity contribution in [2.75, 3.05) is 16.8 Å². The number of hydrogen-bond acceptors (Lipinski definition) is 7. The number of anilines is 2. The van der Waals surface area contributed by atoms with Crippen molar-refractivity contribution in [2.45, 2.75) is 53.2 Å². The van der Waals surface area contributed by atoms with Crippen LogP contribution in [0.15, 0.2) is 36.9 Å². The molecule has 1 N–H and O–H groups in total. The van der Waals surface area contributed by atoms with Gasteiger partial charge in [-0.3, -0.25) is 24.2 Å². The van der Waals surface area contributed by atoms with Crippen molar-refractivity contribution < 1.29 is 36.3 Å². The highest BCUT2D eigenvalue weighted by Crippen LogP contribution is 2.49. The van der Waals surface area contributed by atoms with E-state index >= 15 is 0 Å². The molecule has 0 spiro atoms. The molecule has 0 bridgehead atoms. The van der Waals surface area contributed by atoms with Gasteiger partial charge in [-0.25, -0.2) is 23.1 Å². The first-order valence-electron chi connectivity index (χ1n) is 14.4. The van der Waals surface area contributed by atoms with E-state index in [1.54, 1.807) is 13.8 Å². The quantitative estimate of drug-likeness (QED) is 0.217. The number of carbonyl (C=O) groups excluding carboxylic acids is 2.